The highest BCUT2D eigenvalue weighted by atomic mass is 16.3. The van der Waals surface area contributed by atoms with Gasteiger partial charge >= 0.3 is 0 Å². The molecule has 1 aliphatic rings. The summed E-state index contributed by atoms with van der Waals surface area (Å²) in [7, 11) is 0. The number of aromatic hydroxyl groups is 1. The summed E-state index contributed by atoms with van der Waals surface area (Å²) in [6.45, 7) is 1.49. The van der Waals surface area contributed by atoms with Gasteiger partial charge in [0.25, 0.3) is 0 Å². The van der Waals surface area contributed by atoms with Gasteiger partial charge in [0.05, 0.1) is 12.7 Å². The molecule has 0 bridgehead atoms. The van der Waals surface area contributed by atoms with E-state index in [-0.39, 0.29) is 0 Å². The number of hydrogen-bond donors (Lipinski definition) is 2. The Morgan fingerprint density at radius 2 is 1.88 bits per heavy atom. The highest BCUT2D eigenvalue weighted by Gasteiger charge is 2.24. The molecule has 2 aromatic carbocycles. The molecule has 4 rings (SSSR count). The van der Waals surface area contributed by atoms with Crippen molar-refractivity contribution in [3.8, 4) is 5.75 Å². The van der Waals surface area contributed by atoms with Crippen LogP contribution in [0.3, 0.4) is 0 Å². The van der Waals surface area contributed by atoms with Gasteiger partial charge < -0.3 is 10.4 Å². The van der Waals surface area contributed by atoms with E-state index in [1.54, 1.807) is 6.07 Å². The van der Waals surface area contributed by atoms with E-state index < -0.39 is 0 Å². The zero-order valence-corrected chi connectivity index (χ0v) is 14.2. The molecule has 0 spiro atoms. The lowest BCUT2D eigenvalue weighted by Gasteiger charge is -2.24. The standard InChI is InChI=1S/C21H23N3O/c25-21-12-5-4-9-17(21)13-22-19-10-6-11-20-18(19)14-23-24(20)15-16-7-2-1-3-8-16/h1-5,7-9,12,14,19,22,25H,6,10-11,13,15H2/t19-/m0/s1. The van der Waals surface area contributed by atoms with Gasteiger partial charge in [-0.05, 0) is 30.9 Å². The Morgan fingerprint density at radius 1 is 1.08 bits per heavy atom. The Kier molecular flexibility index (Phi) is 4.53. The van der Waals surface area contributed by atoms with Crippen molar-refractivity contribution in [3.63, 3.8) is 0 Å². The predicted octanol–water partition coefficient (Wildman–Crippen LogP) is 3.80. The van der Waals surface area contributed by atoms with Crippen LogP contribution in [0.2, 0.25) is 0 Å². The lowest BCUT2D eigenvalue weighted by molar-refractivity contribution is 0.433. The third-order valence-corrected chi connectivity index (χ3v) is 4.97. The summed E-state index contributed by atoms with van der Waals surface area (Å²) in [6, 6.07) is 18.3. The SMILES string of the molecule is Oc1ccccc1CN[C@H]1CCCc2c1cnn2Cc1ccccc1. The van der Waals surface area contributed by atoms with E-state index in [1.165, 1.54) is 16.8 Å². The minimum atomic E-state index is 0.299. The largest absolute Gasteiger partial charge is 0.508 e. The maximum Gasteiger partial charge on any atom is 0.120 e. The summed E-state index contributed by atoms with van der Waals surface area (Å²) >= 11 is 0. The first-order valence-corrected chi connectivity index (χ1v) is 8.90. The zero-order valence-electron chi connectivity index (χ0n) is 14.2. The van der Waals surface area contributed by atoms with Crippen molar-refractivity contribution in [2.45, 2.75) is 38.4 Å². The van der Waals surface area contributed by atoms with Crippen molar-refractivity contribution < 1.29 is 5.11 Å². The van der Waals surface area contributed by atoms with Crippen LogP contribution in [0.1, 0.15) is 41.3 Å². The van der Waals surface area contributed by atoms with Crippen LogP contribution < -0.4 is 5.32 Å². The van der Waals surface area contributed by atoms with E-state index in [1.807, 2.05) is 30.5 Å². The summed E-state index contributed by atoms with van der Waals surface area (Å²) in [5.74, 6) is 0.353. The number of aromatic nitrogens is 2. The predicted molar refractivity (Wildman–Crippen MR) is 98.4 cm³/mol. The Hall–Kier alpha value is -2.59. The molecule has 0 amide bonds. The van der Waals surface area contributed by atoms with Gasteiger partial charge in [-0.3, -0.25) is 4.68 Å². The molecule has 0 saturated heterocycles. The Morgan fingerprint density at radius 3 is 2.72 bits per heavy atom. The summed E-state index contributed by atoms with van der Waals surface area (Å²) < 4.78 is 2.14. The number of para-hydroxylation sites is 1. The van der Waals surface area contributed by atoms with E-state index in [4.69, 9.17) is 0 Å². The van der Waals surface area contributed by atoms with E-state index in [9.17, 15) is 5.11 Å². The zero-order chi connectivity index (χ0) is 17.1. The first-order valence-electron chi connectivity index (χ1n) is 8.90. The van der Waals surface area contributed by atoms with E-state index in [0.717, 1.165) is 31.4 Å². The van der Waals surface area contributed by atoms with Crippen molar-refractivity contribution in [1.29, 1.82) is 0 Å². The molecule has 0 aliphatic heterocycles. The third-order valence-electron chi connectivity index (χ3n) is 4.97. The molecular formula is C21H23N3O. The Bertz CT molecular complexity index is 841. The number of rotatable bonds is 5. The van der Waals surface area contributed by atoms with Crippen LogP contribution in [-0.4, -0.2) is 14.9 Å². The third kappa shape index (κ3) is 3.44. The van der Waals surface area contributed by atoms with Gasteiger partial charge in [-0.1, -0.05) is 48.5 Å². The summed E-state index contributed by atoms with van der Waals surface area (Å²) in [6.07, 6.45) is 5.36. The van der Waals surface area contributed by atoms with Crippen LogP contribution in [0, 0.1) is 0 Å². The van der Waals surface area contributed by atoms with Gasteiger partial charge in [0.15, 0.2) is 0 Å². The molecule has 2 N–H and O–H groups in total. The molecule has 1 atom stereocenters. The lowest BCUT2D eigenvalue weighted by atomic mass is 9.92. The van der Waals surface area contributed by atoms with Crippen molar-refractivity contribution in [1.82, 2.24) is 15.1 Å². The molecule has 1 aromatic heterocycles. The average Bonchev–Trinajstić information content (AvgIpc) is 3.05. The maximum absolute atomic E-state index is 9.95. The van der Waals surface area contributed by atoms with Crippen molar-refractivity contribution >= 4 is 0 Å². The molecule has 0 radical (unpaired) electrons. The molecule has 0 fully saturated rings. The van der Waals surface area contributed by atoms with Crippen LogP contribution in [0.15, 0.2) is 60.8 Å². The number of nitrogens with one attached hydrogen (secondary N) is 1. The summed E-state index contributed by atoms with van der Waals surface area (Å²) in [5.41, 5.74) is 4.85. The molecule has 0 unspecified atom stereocenters. The van der Waals surface area contributed by atoms with Crippen molar-refractivity contribution in [2.24, 2.45) is 0 Å². The average molecular weight is 333 g/mol. The lowest BCUT2D eigenvalue weighted by Crippen LogP contribution is -2.25. The minimum absolute atomic E-state index is 0.299. The molecule has 4 heteroatoms. The molecule has 1 heterocycles. The quantitative estimate of drug-likeness (QED) is 0.746. The molecule has 1 aliphatic carbocycles. The van der Waals surface area contributed by atoms with Crippen LogP contribution in [-0.2, 0) is 19.5 Å². The van der Waals surface area contributed by atoms with Crippen LogP contribution >= 0.6 is 0 Å². The Balaban J connectivity index is 1.50. The molecule has 0 saturated carbocycles. The first kappa shape index (κ1) is 15.9. The van der Waals surface area contributed by atoms with Gasteiger partial charge in [-0.2, -0.15) is 5.10 Å². The van der Waals surface area contributed by atoms with Crippen molar-refractivity contribution in [2.75, 3.05) is 0 Å². The molecule has 3 aromatic rings. The Labute approximate surface area is 148 Å². The van der Waals surface area contributed by atoms with Gasteiger partial charge in [-0.15, -0.1) is 0 Å². The van der Waals surface area contributed by atoms with Crippen LogP contribution in [0.5, 0.6) is 5.75 Å². The summed E-state index contributed by atoms with van der Waals surface area (Å²) in [5, 5.41) is 18.2. The van der Waals surface area contributed by atoms with E-state index in [2.05, 4.69) is 39.4 Å². The van der Waals surface area contributed by atoms with E-state index >= 15 is 0 Å². The maximum atomic E-state index is 9.95. The fraction of sp³-hybridized carbons (Fsp3) is 0.286. The fourth-order valence-electron chi connectivity index (χ4n) is 3.62. The number of fused-ring (bicyclic) bond motifs is 1. The smallest absolute Gasteiger partial charge is 0.120 e. The van der Waals surface area contributed by atoms with E-state index in [0.29, 0.717) is 18.3 Å². The minimum Gasteiger partial charge on any atom is -0.508 e. The second kappa shape index (κ2) is 7.11. The second-order valence-electron chi connectivity index (χ2n) is 6.64. The van der Waals surface area contributed by atoms with Gasteiger partial charge in [0, 0.05) is 29.4 Å². The number of nitrogens with zero attached hydrogens (tertiary/aromatic N) is 2. The summed E-state index contributed by atoms with van der Waals surface area (Å²) in [4.78, 5) is 0. The van der Waals surface area contributed by atoms with Gasteiger partial charge in [0.2, 0.25) is 0 Å². The topological polar surface area (TPSA) is 50.1 Å². The normalized spacial score (nSPS) is 16.6. The monoisotopic (exact) mass is 333 g/mol. The number of phenolic OH excluding ortho intramolecular Hbond substituents is 1. The van der Waals surface area contributed by atoms with Gasteiger partial charge in [-0.25, -0.2) is 0 Å². The molecule has 25 heavy (non-hydrogen) atoms. The number of benzene rings is 2. The highest BCUT2D eigenvalue weighted by molar-refractivity contribution is 5.32. The molecule has 4 nitrogen and oxygen atoms in total. The number of hydrogen-bond acceptors (Lipinski definition) is 3. The van der Waals surface area contributed by atoms with Crippen LogP contribution in [0.4, 0.5) is 0 Å². The van der Waals surface area contributed by atoms with Crippen LogP contribution in [0.25, 0.3) is 0 Å². The fourth-order valence-corrected chi connectivity index (χ4v) is 3.62. The van der Waals surface area contributed by atoms with Gasteiger partial charge in [0.1, 0.15) is 5.75 Å². The second-order valence-corrected chi connectivity index (χ2v) is 6.64. The number of phenols is 1. The molecule has 128 valence electrons. The molecular weight excluding hydrogens is 310 g/mol. The first-order chi connectivity index (χ1) is 12.3. The highest BCUT2D eigenvalue weighted by Crippen LogP contribution is 2.30. The van der Waals surface area contributed by atoms with Crippen molar-refractivity contribution in [3.05, 3.63) is 83.2 Å².